The molecule has 4 heterocycles. The Bertz CT molecular complexity index is 784. The minimum atomic E-state index is 0.773. The van der Waals surface area contributed by atoms with E-state index in [-0.39, 0.29) is 0 Å². The van der Waals surface area contributed by atoms with Crippen LogP contribution in [0, 0.1) is 0 Å². The zero-order chi connectivity index (χ0) is 16.2. The van der Waals surface area contributed by atoms with Gasteiger partial charge in [0.05, 0.1) is 30.8 Å². The molecule has 0 bridgehead atoms. The Hall–Kier alpha value is -2.51. The maximum Gasteiger partial charge on any atom is 0.188 e. The van der Waals surface area contributed by atoms with Gasteiger partial charge in [0.2, 0.25) is 0 Å². The van der Waals surface area contributed by atoms with E-state index >= 15 is 0 Å². The molecule has 0 radical (unpaired) electrons. The Morgan fingerprint density at radius 1 is 1.04 bits per heavy atom. The summed E-state index contributed by atoms with van der Waals surface area (Å²) in [4.78, 5) is 15.7. The van der Waals surface area contributed by atoms with Crippen molar-refractivity contribution in [2.75, 3.05) is 36.5 Å². The molecule has 6 nitrogen and oxygen atoms in total. The second kappa shape index (κ2) is 6.94. The molecule has 1 aliphatic heterocycles. The van der Waals surface area contributed by atoms with Crippen LogP contribution in [0.2, 0.25) is 0 Å². The highest BCUT2D eigenvalue weighted by Gasteiger charge is 2.11. The predicted octanol–water partition coefficient (Wildman–Crippen LogP) is 3.18. The van der Waals surface area contributed by atoms with Crippen LogP contribution in [-0.2, 0) is 4.74 Å². The minimum Gasteiger partial charge on any atom is -0.378 e. The van der Waals surface area contributed by atoms with Gasteiger partial charge in [-0.15, -0.1) is 11.3 Å². The molecule has 0 atom stereocenters. The van der Waals surface area contributed by atoms with Crippen LogP contribution in [0.1, 0.15) is 0 Å². The van der Waals surface area contributed by atoms with E-state index in [0.717, 1.165) is 54.3 Å². The van der Waals surface area contributed by atoms with Crippen molar-refractivity contribution in [2.45, 2.75) is 0 Å². The number of morpholine rings is 1. The summed E-state index contributed by atoms with van der Waals surface area (Å²) in [5, 5.41) is 6.05. The van der Waals surface area contributed by atoms with Crippen LogP contribution >= 0.6 is 11.3 Å². The van der Waals surface area contributed by atoms with Crippen molar-refractivity contribution < 1.29 is 4.74 Å². The van der Waals surface area contributed by atoms with Gasteiger partial charge in [-0.2, -0.15) is 0 Å². The molecule has 0 aromatic carbocycles. The van der Waals surface area contributed by atoms with Crippen molar-refractivity contribution in [3.8, 4) is 11.4 Å². The van der Waals surface area contributed by atoms with Crippen molar-refractivity contribution in [3.63, 3.8) is 0 Å². The van der Waals surface area contributed by atoms with E-state index in [4.69, 9.17) is 4.74 Å². The van der Waals surface area contributed by atoms with E-state index in [9.17, 15) is 0 Å². The lowest BCUT2D eigenvalue weighted by Crippen LogP contribution is -2.36. The molecule has 0 amide bonds. The lowest BCUT2D eigenvalue weighted by molar-refractivity contribution is 0.122. The Balaban J connectivity index is 1.45. The molecule has 1 saturated heterocycles. The number of ether oxygens (including phenoxy) is 1. The fourth-order valence-electron chi connectivity index (χ4n) is 2.54. The van der Waals surface area contributed by atoms with Gasteiger partial charge in [0, 0.05) is 24.7 Å². The molecule has 3 aromatic rings. The van der Waals surface area contributed by atoms with E-state index in [0.29, 0.717) is 0 Å². The van der Waals surface area contributed by atoms with E-state index in [1.807, 2.05) is 35.8 Å². The summed E-state index contributed by atoms with van der Waals surface area (Å²) in [5.74, 6) is 0.786. The molecule has 0 unspecified atom stereocenters. The number of hydrogen-bond donors (Lipinski definition) is 1. The zero-order valence-electron chi connectivity index (χ0n) is 13.1. The van der Waals surface area contributed by atoms with Gasteiger partial charge >= 0.3 is 0 Å². The number of aromatic nitrogens is 3. The number of pyridine rings is 2. The monoisotopic (exact) mass is 339 g/mol. The van der Waals surface area contributed by atoms with Gasteiger partial charge < -0.3 is 15.0 Å². The Morgan fingerprint density at radius 2 is 1.96 bits per heavy atom. The third-order valence-corrected chi connectivity index (χ3v) is 4.55. The molecule has 0 saturated carbocycles. The molecule has 1 fully saturated rings. The highest BCUT2D eigenvalue weighted by atomic mass is 32.1. The van der Waals surface area contributed by atoms with Gasteiger partial charge in [0.15, 0.2) is 5.13 Å². The first-order valence-electron chi connectivity index (χ1n) is 7.81. The van der Waals surface area contributed by atoms with Gasteiger partial charge in [-0.3, -0.25) is 4.98 Å². The minimum absolute atomic E-state index is 0.773. The lowest BCUT2D eigenvalue weighted by atomic mass is 10.3. The van der Waals surface area contributed by atoms with Crippen molar-refractivity contribution >= 4 is 28.0 Å². The number of rotatable bonds is 4. The third kappa shape index (κ3) is 3.37. The quantitative estimate of drug-likeness (QED) is 0.788. The first kappa shape index (κ1) is 15.0. The largest absolute Gasteiger partial charge is 0.378 e. The fourth-order valence-corrected chi connectivity index (χ4v) is 3.25. The van der Waals surface area contributed by atoms with Crippen LogP contribution in [-0.4, -0.2) is 41.3 Å². The number of anilines is 3. The fraction of sp³-hybridized carbons (Fsp3) is 0.235. The Labute approximate surface area is 144 Å². The van der Waals surface area contributed by atoms with Crippen LogP contribution in [0.5, 0.6) is 0 Å². The summed E-state index contributed by atoms with van der Waals surface area (Å²) < 4.78 is 5.38. The van der Waals surface area contributed by atoms with E-state index in [2.05, 4.69) is 31.2 Å². The molecule has 24 heavy (non-hydrogen) atoms. The number of nitrogens with zero attached hydrogens (tertiary/aromatic N) is 4. The standard InChI is InChI=1S/C17H17N5OS/c1-2-6-18-14(3-1)15-12-24-17(20-15)21-16-5-4-13(11-19-16)22-7-9-23-10-8-22/h1-6,11-12H,7-10H2,(H,19,20,21). The predicted molar refractivity (Wildman–Crippen MR) is 95.9 cm³/mol. The summed E-state index contributed by atoms with van der Waals surface area (Å²) in [6.45, 7) is 3.37. The maximum absolute atomic E-state index is 5.38. The summed E-state index contributed by atoms with van der Waals surface area (Å²) in [7, 11) is 0. The smallest absolute Gasteiger partial charge is 0.188 e. The van der Waals surface area contributed by atoms with Crippen LogP contribution in [0.3, 0.4) is 0 Å². The van der Waals surface area contributed by atoms with Crippen molar-refractivity contribution in [1.29, 1.82) is 0 Å². The van der Waals surface area contributed by atoms with Gasteiger partial charge in [0.25, 0.3) is 0 Å². The molecular weight excluding hydrogens is 322 g/mol. The normalized spacial score (nSPS) is 14.6. The van der Waals surface area contributed by atoms with Crippen LogP contribution in [0.4, 0.5) is 16.6 Å². The molecule has 122 valence electrons. The van der Waals surface area contributed by atoms with Gasteiger partial charge in [0.1, 0.15) is 11.5 Å². The first-order chi connectivity index (χ1) is 11.9. The second-order valence-electron chi connectivity index (χ2n) is 5.38. The molecule has 0 aliphatic carbocycles. The molecular formula is C17H17N5OS. The molecule has 1 N–H and O–H groups in total. The van der Waals surface area contributed by atoms with E-state index < -0.39 is 0 Å². The SMILES string of the molecule is c1ccc(-c2csc(Nc3ccc(N4CCOCC4)cn3)n2)nc1. The summed E-state index contributed by atoms with van der Waals surface area (Å²) in [6.07, 6.45) is 3.66. The molecule has 0 spiro atoms. The van der Waals surface area contributed by atoms with Crippen molar-refractivity contribution in [3.05, 3.63) is 48.1 Å². The molecule has 7 heteroatoms. The topological polar surface area (TPSA) is 63.2 Å². The maximum atomic E-state index is 5.38. The van der Waals surface area contributed by atoms with Gasteiger partial charge in [-0.1, -0.05) is 6.07 Å². The highest BCUT2D eigenvalue weighted by molar-refractivity contribution is 7.14. The van der Waals surface area contributed by atoms with Crippen LogP contribution < -0.4 is 10.2 Å². The van der Waals surface area contributed by atoms with Crippen LogP contribution in [0.15, 0.2) is 48.1 Å². The number of hydrogen-bond acceptors (Lipinski definition) is 7. The number of nitrogens with one attached hydrogen (secondary N) is 1. The third-order valence-electron chi connectivity index (χ3n) is 3.79. The zero-order valence-corrected chi connectivity index (χ0v) is 13.9. The highest BCUT2D eigenvalue weighted by Crippen LogP contribution is 2.26. The summed E-state index contributed by atoms with van der Waals surface area (Å²) >= 11 is 1.54. The molecule has 1 aliphatic rings. The van der Waals surface area contributed by atoms with E-state index in [1.165, 1.54) is 0 Å². The average molecular weight is 339 g/mol. The lowest BCUT2D eigenvalue weighted by Gasteiger charge is -2.28. The molecule has 3 aromatic heterocycles. The van der Waals surface area contributed by atoms with Gasteiger partial charge in [-0.05, 0) is 24.3 Å². The second-order valence-corrected chi connectivity index (χ2v) is 6.24. The molecule has 4 rings (SSSR count). The van der Waals surface area contributed by atoms with Crippen LogP contribution in [0.25, 0.3) is 11.4 Å². The Kier molecular flexibility index (Phi) is 4.35. The summed E-state index contributed by atoms with van der Waals surface area (Å²) in [6, 6.07) is 9.87. The number of thiazole rings is 1. The Morgan fingerprint density at radius 3 is 2.71 bits per heavy atom. The van der Waals surface area contributed by atoms with E-state index in [1.54, 1.807) is 17.5 Å². The van der Waals surface area contributed by atoms with Crippen molar-refractivity contribution in [1.82, 2.24) is 15.0 Å². The van der Waals surface area contributed by atoms with Crippen molar-refractivity contribution in [2.24, 2.45) is 0 Å². The summed E-state index contributed by atoms with van der Waals surface area (Å²) in [5.41, 5.74) is 2.86. The average Bonchev–Trinajstić information content (AvgIpc) is 3.12. The first-order valence-corrected chi connectivity index (χ1v) is 8.69. The van der Waals surface area contributed by atoms with Gasteiger partial charge in [-0.25, -0.2) is 9.97 Å².